The van der Waals surface area contributed by atoms with Crippen molar-refractivity contribution in [3.8, 4) is 0 Å². The van der Waals surface area contributed by atoms with Gasteiger partial charge in [0.15, 0.2) is 0 Å². The molecule has 17 heavy (non-hydrogen) atoms. The normalized spacial score (nSPS) is 33.6. The Labute approximate surface area is 106 Å². The average Bonchev–Trinajstić information content (AvgIpc) is 1.94. The van der Waals surface area contributed by atoms with E-state index in [9.17, 15) is 8.42 Å². The zero-order chi connectivity index (χ0) is 13.3. The molecule has 0 aromatic rings. The van der Waals surface area contributed by atoms with Gasteiger partial charge < -0.3 is 5.73 Å². The minimum absolute atomic E-state index is 0.161. The Bertz CT molecular complexity index is 362. The van der Waals surface area contributed by atoms with E-state index in [4.69, 9.17) is 5.73 Å². The smallest absolute Gasteiger partial charge is 0.147 e. The predicted octanol–water partition coefficient (Wildman–Crippen LogP) is 2.35. The summed E-state index contributed by atoms with van der Waals surface area (Å²) in [6, 6.07) is 0. The van der Waals surface area contributed by atoms with Gasteiger partial charge >= 0.3 is 0 Å². The van der Waals surface area contributed by atoms with Crippen LogP contribution in [0.25, 0.3) is 0 Å². The van der Waals surface area contributed by atoms with Crippen LogP contribution >= 0.6 is 0 Å². The van der Waals surface area contributed by atoms with Crippen LogP contribution < -0.4 is 5.73 Å². The molecule has 4 heteroatoms. The van der Waals surface area contributed by atoms with E-state index in [1.165, 1.54) is 12.7 Å². The van der Waals surface area contributed by atoms with Gasteiger partial charge in [0, 0.05) is 17.5 Å². The van der Waals surface area contributed by atoms with E-state index in [1.807, 2.05) is 0 Å². The Morgan fingerprint density at radius 1 is 1.29 bits per heavy atom. The largest absolute Gasteiger partial charge is 0.325 e. The van der Waals surface area contributed by atoms with Crippen LogP contribution in [0.3, 0.4) is 0 Å². The molecule has 1 aliphatic rings. The molecule has 0 aliphatic heterocycles. The van der Waals surface area contributed by atoms with E-state index < -0.39 is 9.84 Å². The summed E-state index contributed by atoms with van der Waals surface area (Å²) < 4.78 is 22.3. The van der Waals surface area contributed by atoms with Crippen LogP contribution in [-0.4, -0.2) is 26.0 Å². The van der Waals surface area contributed by atoms with Gasteiger partial charge in [-0.15, -0.1) is 0 Å². The Balaban J connectivity index is 2.56. The summed E-state index contributed by atoms with van der Waals surface area (Å²) in [7, 11) is -2.85. The van der Waals surface area contributed by atoms with Crippen molar-refractivity contribution in [1.82, 2.24) is 0 Å². The molecule has 0 heterocycles. The molecule has 0 aromatic heterocycles. The molecule has 2 N–H and O–H groups in total. The monoisotopic (exact) mass is 261 g/mol. The molecule has 2 atom stereocenters. The Morgan fingerprint density at radius 3 is 2.35 bits per heavy atom. The maximum Gasteiger partial charge on any atom is 0.147 e. The summed E-state index contributed by atoms with van der Waals surface area (Å²) in [5, 5.41) is 0. The van der Waals surface area contributed by atoms with Gasteiger partial charge in [-0.25, -0.2) is 8.42 Å². The zero-order valence-corrected chi connectivity index (χ0v) is 12.4. The lowest BCUT2D eigenvalue weighted by molar-refractivity contribution is 0.102. The summed E-state index contributed by atoms with van der Waals surface area (Å²) >= 11 is 0. The van der Waals surface area contributed by atoms with E-state index in [-0.39, 0.29) is 16.7 Å². The molecule has 0 bridgehead atoms. The maximum atomic E-state index is 11.1. The molecule has 1 rings (SSSR count). The molecule has 0 aromatic carbocycles. The van der Waals surface area contributed by atoms with Crippen molar-refractivity contribution in [3.05, 3.63) is 0 Å². The second-order valence-corrected chi connectivity index (χ2v) is 9.21. The first-order valence-corrected chi connectivity index (χ1v) is 8.54. The van der Waals surface area contributed by atoms with Crippen molar-refractivity contribution in [2.24, 2.45) is 17.1 Å². The van der Waals surface area contributed by atoms with Crippen molar-refractivity contribution >= 4 is 9.84 Å². The van der Waals surface area contributed by atoms with Gasteiger partial charge in [-0.1, -0.05) is 20.8 Å². The SMILES string of the molecule is CC1CC(C)(C)CC(N)(CCCS(C)(=O)=O)C1. The van der Waals surface area contributed by atoms with Crippen molar-refractivity contribution in [1.29, 1.82) is 0 Å². The summed E-state index contributed by atoms with van der Waals surface area (Å²) in [6.45, 7) is 6.78. The first-order chi connectivity index (χ1) is 7.52. The Kier molecular flexibility index (Phi) is 4.30. The summed E-state index contributed by atoms with van der Waals surface area (Å²) in [5.41, 5.74) is 6.59. The van der Waals surface area contributed by atoms with Gasteiger partial charge in [-0.05, 0) is 43.4 Å². The third kappa shape index (κ3) is 5.38. The van der Waals surface area contributed by atoms with Crippen LogP contribution in [0.5, 0.6) is 0 Å². The number of nitrogens with two attached hydrogens (primary N) is 1. The Hall–Kier alpha value is -0.0900. The molecule has 0 radical (unpaired) electrons. The molecular formula is C13H27NO2S. The lowest BCUT2D eigenvalue weighted by atomic mass is 9.63. The fourth-order valence-electron chi connectivity index (χ4n) is 3.68. The van der Waals surface area contributed by atoms with E-state index in [1.54, 1.807) is 0 Å². The van der Waals surface area contributed by atoms with Gasteiger partial charge in [0.2, 0.25) is 0 Å². The molecule has 102 valence electrons. The summed E-state index contributed by atoms with van der Waals surface area (Å²) in [5.74, 6) is 0.905. The van der Waals surface area contributed by atoms with Gasteiger partial charge in [0.25, 0.3) is 0 Å². The molecule has 0 saturated heterocycles. The molecule has 0 spiro atoms. The third-order valence-corrected chi connectivity index (χ3v) is 4.71. The van der Waals surface area contributed by atoms with Gasteiger partial charge in [-0.3, -0.25) is 0 Å². The van der Waals surface area contributed by atoms with E-state index in [0.29, 0.717) is 12.3 Å². The highest BCUT2D eigenvalue weighted by Crippen LogP contribution is 2.44. The first-order valence-electron chi connectivity index (χ1n) is 6.48. The quantitative estimate of drug-likeness (QED) is 0.845. The number of hydrogen-bond donors (Lipinski definition) is 1. The van der Waals surface area contributed by atoms with Crippen molar-refractivity contribution in [2.75, 3.05) is 12.0 Å². The fourth-order valence-corrected chi connectivity index (χ4v) is 4.35. The van der Waals surface area contributed by atoms with Crippen molar-refractivity contribution < 1.29 is 8.42 Å². The highest BCUT2D eigenvalue weighted by molar-refractivity contribution is 7.90. The van der Waals surface area contributed by atoms with Crippen molar-refractivity contribution in [2.45, 2.75) is 58.4 Å². The lowest BCUT2D eigenvalue weighted by Gasteiger charge is -2.45. The summed E-state index contributed by atoms with van der Waals surface area (Å²) in [6.07, 6.45) is 6.07. The van der Waals surface area contributed by atoms with E-state index >= 15 is 0 Å². The first kappa shape index (κ1) is 15.0. The van der Waals surface area contributed by atoms with Crippen LogP contribution in [0.2, 0.25) is 0 Å². The average molecular weight is 261 g/mol. The zero-order valence-electron chi connectivity index (χ0n) is 11.6. The molecule has 1 fully saturated rings. The Morgan fingerprint density at radius 2 is 1.88 bits per heavy atom. The molecule has 0 amide bonds. The van der Waals surface area contributed by atoms with E-state index in [0.717, 1.165) is 19.3 Å². The van der Waals surface area contributed by atoms with Gasteiger partial charge in [0.05, 0.1) is 0 Å². The third-order valence-electron chi connectivity index (χ3n) is 3.68. The summed E-state index contributed by atoms with van der Waals surface area (Å²) in [4.78, 5) is 0. The highest BCUT2D eigenvalue weighted by Gasteiger charge is 2.39. The maximum absolute atomic E-state index is 11.1. The fraction of sp³-hybridized carbons (Fsp3) is 1.00. The highest BCUT2D eigenvalue weighted by atomic mass is 32.2. The second kappa shape index (κ2) is 4.88. The van der Waals surface area contributed by atoms with Crippen LogP contribution in [-0.2, 0) is 9.84 Å². The van der Waals surface area contributed by atoms with Crippen LogP contribution in [0, 0.1) is 11.3 Å². The van der Waals surface area contributed by atoms with E-state index in [2.05, 4.69) is 20.8 Å². The number of sulfone groups is 1. The molecule has 1 aliphatic carbocycles. The minimum atomic E-state index is -2.85. The molecule has 3 nitrogen and oxygen atoms in total. The molecular weight excluding hydrogens is 234 g/mol. The second-order valence-electron chi connectivity index (χ2n) is 6.95. The van der Waals surface area contributed by atoms with Crippen LogP contribution in [0.15, 0.2) is 0 Å². The lowest BCUT2D eigenvalue weighted by Crippen LogP contribution is -2.49. The van der Waals surface area contributed by atoms with Crippen LogP contribution in [0.1, 0.15) is 52.9 Å². The predicted molar refractivity (Wildman–Crippen MR) is 72.7 cm³/mol. The molecule has 1 saturated carbocycles. The standard InChI is InChI=1S/C13H27NO2S/c1-11-8-12(2,3)10-13(14,9-11)6-5-7-17(4,15)16/h11H,5-10,14H2,1-4H3. The number of rotatable bonds is 4. The van der Waals surface area contributed by atoms with Crippen molar-refractivity contribution in [3.63, 3.8) is 0 Å². The number of hydrogen-bond acceptors (Lipinski definition) is 3. The topological polar surface area (TPSA) is 60.2 Å². The van der Waals surface area contributed by atoms with Gasteiger partial charge in [0.1, 0.15) is 9.84 Å². The molecule has 2 unspecified atom stereocenters. The van der Waals surface area contributed by atoms with Gasteiger partial charge in [-0.2, -0.15) is 0 Å². The van der Waals surface area contributed by atoms with Crippen LogP contribution in [0.4, 0.5) is 0 Å². The minimum Gasteiger partial charge on any atom is -0.325 e.